The number of fused-ring (bicyclic) bond motifs is 1. The van der Waals surface area contributed by atoms with Crippen molar-refractivity contribution in [2.75, 3.05) is 6.54 Å². The molecule has 6 atom stereocenters. The largest absolute Gasteiger partial charge is 0.391 e. The van der Waals surface area contributed by atoms with Crippen LogP contribution in [0.2, 0.25) is 0 Å². The number of aliphatic hydroxyl groups is 1. The van der Waals surface area contributed by atoms with Crippen LogP contribution in [0.4, 0.5) is 4.39 Å². The third-order valence-electron chi connectivity index (χ3n) is 6.01. The molecule has 2 saturated carbocycles. The monoisotopic (exact) mass is 397 g/mol. The zero-order valence-electron chi connectivity index (χ0n) is 14.4. The van der Waals surface area contributed by atoms with Gasteiger partial charge in [-0.1, -0.05) is 0 Å². The van der Waals surface area contributed by atoms with E-state index in [4.69, 9.17) is 5.26 Å². The Morgan fingerprint density at radius 1 is 1.37 bits per heavy atom. The van der Waals surface area contributed by atoms with E-state index in [0.29, 0.717) is 30.8 Å². The third-order valence-corrected chi connectivity index (χ3v) is 7.48. The summed E-state index contributed by atoms with van der Waals surface area (Å²) >= 11 is 0. The number of amides is 1. The summed E-state index contributed by atoms with van der Waals surface area (Å²) in [5.74, 6) is -0.652. The standard InChI is InChI=1S/C16H20FN5O4S/c17-14-11-3-9(16-19-6-10(5-18)20-16)2-1-8(11)4-12(23)15(14)22-7-13(24)21-27(22,25)26/h6,8-9,11-12,14-15,23H,1-4,7H2,(H,19,20)(H,21,24). The zero-order chi connectivity index (χ0) is 19.3. The number of aliphatic hydroxyl groups excluding tert-OH is 1. The maximum Gasteiger partial charge on any atom is 0.304 e. The minimum Gasteiger partial charge on any atom is -0.391 e. The number of alkyl halides is 1. The van der Waals surface area contributed by atoms with Gasteiger partial charge in [-0.2, -0.15) is 18.0 Å². The van der Waals surface area contributed by atoms with Crippen LogP contribution in [0.15, 0.2) is 6.20 Å². The van der Waals surface area contributed by atoms with Crippen LogP contribution in [0, 0.1) is 23.2 Å². The molecule has 1 aromatic heterocycles. The van der Waals surface area contributed by atoms with E-state index in [1.807, 2.05) is 10.8 Å². The molecule has 4 rings (SSSR count). The molecule has 1 saturated heterocycles. The van der Waals surface area contributed by atoms with Gasteiger partial charge in [0.15, 0.2) is 0 Å². The fourth-order valence-corrected chi connectivity index (χ4v) is 6.13. The highest BCUT2D eigenvalue weighted by Crippen LogP contribution is 2.48. The third kappa shape index (κ3) is 3.11. The van der Waals surface area contributed by atoms with Crippen LogP contribution in [0.1, 0.15) is 43.1 Å². The summed E-state index contributed by atoms with van der Waals surface area (Å²) < 4.78 is 42.2. The maximum atomic E-state index is 15.4. The predicted molar refractivity (Wildman–Crippen MR) is 90.0 cm³/mol. The minimum atomic E-state index is -4.13. The van der Waals surface area contributed by atoms with Gasteiger partial charge in [-0.25, -0.2) is 14.1 Å². The van der Waals surface area contributed by atoms with Crippen LogP contribution in [0.5, 0.6) is 0 Å². The summed E-state index contributed by atoms with van der Waals surface area (Å²) in [6.07, 6.45) is 0.879. The van der Waals surface area contributed by atoms with Crippen LogP contribution >= 0.6 is 0 Å². The number of aromatic amines is 1. The van der Waals surface area contributed by atoms with Gasteiger partial charge in [0.1, 0.15) is 23.8 Å². The van der Waals surface area contributed by atoms with Crippen molar-refractivity contribution in [2.24, 2.45) is 11.8 Å². The molecule has 3 fully saturated rings. The summed E-state index contributed by atoms with van der Waals surface area (Å²) in [5, 5.41) is 19.4. The van der Waals surface area contributed by atoms with Crippen molar-refractivity contribution in [1.82, 2.24) is 19.0 Å². The number of carbonyl (C=O) groups is 1. The molecule has 11 heteroatoms. The molecule has 0 radical (unpaired) electrons. The number of rotatable bonds is 2. The van der Waals surface area contributed by atoms with Gasteiger partial charge < -0.3 is 10.1 Å². The Bertz CT molecular complexity index is 897. The molecule has 146 valence electrons. The average Bonchev–Trinajstić information content (AvgIpc) is 3.19. The number of nitrogens with one attached hydrogen (secondary N) is 2. The summed E-state index contributed by atoms with van der Waals surface area (Å²) in [7, 11) is -4.13. The number of hydrogen-bond donors (Lipinski definition) is 3. The predicted octanol–water partition coefficient (Wildman–Crippen LogP) is -0.0708. The average molecular weight is 397 g/mol. The molecule has 3 N–H and O–H groups in total. The van der Waals surface area contributed by atoms with E-state index in [1.54, 1.807) is 0 Å². The smallest absolute Gasteiger partial charge is 0.304 e. The highest BCUT2D eigenvalue weighted by Gasteiger charge is 2.53. The molecule has 6 unspecified atom stereocenters. The number of carbonyl (C=O) groups excluding carboxylic acids is 1. The Labute approximate surface area is 155 Å². The molecule has 27 heavy (non-hydrogen) atoms. The van der Waals surface area contributed by atoms with Gasteiger partial charge in [0.2, 0.25) is 5.91 Å². The summed E-state index contributed by atoms with van der Waals surface area (Å²) in [6.45, 7) is -0.477. The van der Waals surface area contributed by atoms with Crippen LogP contribution in [0.25, 0.3) is 0 Å². The van der Waals surface area contributed by atoms with Crippen LogP contribution in [-0.2, 0) is 15.0 Å². The van der Waals surface area contributed by atoms with Crippen LogP contribution in [0.3, 0.4) is 0 Å². The fourth-order valence-electron chi connectivity index (χ4n) is 4.79. The molecule has 1 aromatic rings. The van der Waals surface area contributed by atoms with Crippen molar-refractivity contribution in [3.05, 3.63) is 17.7 Å². The van der Waals surface area contributed by atoms with Crippen LogP contribution in [-0.4, -0.2) is 58.6 Å². The number of nitriles is 1. The highest BCUT2D eigenvalue weighted by atomic mass is 32.2. The minimum absolute atomic E-state index is 0.0538. The molecule has 2 heterocycles. The quantitative estimate of drug-likeness (QED) is 0.638. The van der Waals surface area contributed by atoms with Crippen molar-refractivity contribution in [3.8, 4) is 6.07 Å². The Morgan fingerprint density at radius 2 is 2.15 bits per heavy atom. The Morgan fingerprint density at radius 3 is 2.78 bits per heavy atom. The summed E-state index contributed by atoms with van der Waals surface area (Å²) in [4.78, 5) is 18.6. The highest BCUT2D eigenvalue weighted by molar-refractivity contribution is 7.88. The van der Waals surface area contributed by atoms with E-state index in [2.05, 4.69) is 9.97 Å². The van der Waals surface area contributed by atoms with Gasteiger partial charge in [0, 0.05) is 5.92 Å². The van der Waals surface area contributed by atoms with Gasteiger partial charge in [0.05, 0.1) is 24.9 Å². The Kier molecular flexibility index (Phi) is 4.44. The zero-order valence-corrected chi connectivity index (χ0v) is 15.2. The number of nitrogens with zero attached hydrogens (tertiary/aromatic N) is 3. The van der Waals surface area contributed by atoms with E-state index < -0.39 is 46.9 Å². The number of hydrogen-bond acceptors (Lipinski definition) is 6. The lowest BCUT2D eigenvalue weighted by molar-refractivity contribution is -0.119. The second kappa shape index (κ2) is 6.54. The number of imidazole rings is 1. The van der Waals surface area contributed by atoms with E-state index in [-0.39, 0.29) is 11.8 Å². The molecular weight excluding hydrogens is 377 g/mol. The first-order valence-corrected chi connectivity index (χ1v) is 10.3. The Hall–Kier alpha value is -2.03. The van der Waals surface area contributed by atoms with Crippen LogP contribution < -0.4 is 4.72 Å². The van der Waals surface area contributed by atoms with Crippen molar-refractivity contribution >= 4 is 16.1 Å². The van der Waals surface area contributed by atoms with Gasteiger partial charge in [-0.3, -0.25) is 4.79 Å². The molecule has 3 aliphatic rings. The molecule has 9 nitrogen and oxygen atoms in total. The number of halogens is 1. The van der Waals surface area contributed by atoms with Crippen molar-refractivity contribution < 1.29 is 22.7 Å². The van der Waals surface area contributed by atoms with Crippen molar-refractivity contribution in [3.63, 3.8) is 0 Å². The normalized spacial score (nSPS) is 38.8. The van der Waals surface area contributed by atoms with E-state index >= 15 is 4.39 Å². The van der Waals surface area contributed by atoms with Gasteiger partial charge >= 0.3 is 10.2 Å². The second-order valence-corrected chi connectivity index (χ2v) is 9.16. The molecule has 2 aliphatic carbocycles. The first-order valence-electron chi connectivity index (χ1n) is 8.89. The van der Waals surface area contributed by atoms with Crippen molar-refractivity contribution in [2.45, 2.75) is 49.9 Å². The molecule has 1 aliphatic heterocycles. The molecule has 0 aromatic carbocycles. The lowest BCUT2D eigenvalue weighted by atomic mass is 9.64. The molecular formula is C16H20FN5O4S. The maximum absolute atomic E-state index is 15.4. The van der Waals surface area contributed by atoms with E-state index in [0.717, 1.165) is 10.7 Å². The first kappa shape index (κ1) is 18.3. The van der Waals surface area contributed by atoms with Gasteiger partial charge in [-0.15, -0.1) is 0 Å². The van der Waals surface area contributed by atoms with Gasteiger partial charge in [-0.05, 0) is 37.5 Å². The van der Waals surface area contributed by atoms with E-state index in [1.165, 1.54) is 6.20 Å². The number of H-pyrrole nitrogens is 1. The topological polar surface area (TPSA) is 139 Å². The first-order chi connectivity index (χ1) is 12.8. The lowest BCUT2D eigenvalue weighted by Gasteiger charge is -2.47. The molecule has 0 spiro atoms. The number of aromatic nitrogens is 2. The Balaban J connectivity index is 1.57. The molecule has 0 bridgehead atoms. The second-order valence-electron chi connectivity index (χ2n) is 7.54. The molecule has 1 amide bonds. The van der Waals surface area contributed by atoms with E-state index in [9.17, 15) is 18.3 Å². The SMILES string of the molecule is N#Cc1cnc(C2CCC3CC(O)C(N4CC(=O)NS4(=O)=O)C(F)C3C2)[nH]1. The van der Waals surface area contributed by atoms with Gasteiger partial charge in [0.25, 0.3) is 0 Å². The summed E-state index contributed by atoms with van der Waals surface area (Å²) in [6, 6.07) is 0.700. The van der Waals surface area contributed by atoms with Crippen molar-refractivity contribution in [1.29, 1.82) is 5.26 Å². The lowest BCUT2D eigenvalue weighted by Crippen LogP contribution is -2.58. The summed E-state index contributed by atoms with van der Waals surface area (Å²) in [5.41, 5.74) is 0.341. The fraction of sp³-hybridized carbons (Fsp3) is 0.688.